The topological polar surface area (TPSA) is 118 Å². The largest absolute Gasteiger partial charge is 0.477 e. The number of carboxylic acids is 2. The highest BCUT2D eigenvalue weighted by molar-refractivity contribution is 5.89. The van der Waals surface area contributed by atoms with Gasteiger partial charge >= 0.3 is 23.9 Å². The van der Waals surface area contributed by atoms with E-state index in [2.05, 4.69) is 4.74 Å². The van der Waals surface area contributed by atoms with Crippen molar-refractivity contribution < 1.29 is 38.6 Å². The Morgan fingerprint density at radius 3 is 1.75 bits per heavy atom. The Labute approximate surface area is 89.6 Å². The minimum atomic E-state index is -1.27. The van der Waals surface area contributed by atoms with Crippen LogP contribution in [0.1, 0.15) is 0 Å². The molecule has 1 heterocycles. The Bertz CT molecular complexity index is 320. The van der Waals surface area contributed by atoms with Crippen LogP contribution in [0.5, 0.6) is 0 Å². The molecule has 0 saturated carbocycles. The lowest BCUT2D eigenvalue weighted by Crippen LogP contribution is -2.62. The Balaban J connectivity index is 2.92. The fraction of sp³-hybridized carbons (Fsp3) is 0.500. The summed E-state index contributed by atoms with van der Waals surface area (Å²) in [4.78, 5) is 43.2. The number of quaternary nitrogens is 1. The lowest BCUT2D eigenvalue weighted by Gasteiger charge is -2.35. The van der Waals surface area contributed by atoms with Crippen molar-refractivity contribution >= 4 is 23.9 Å². The Kier molecular flexibility index (Phi) is 3.23. The fourth-order valence-corrected chi connectivity index (χ4v) is 1.65. The number of morpholine rings is 1. The third-order valence-corrected chi connectivity index (χ3v) is 2.10. The summed E-state index contributed by atoms with van der Waals surface area (Å²) >= 11 is 0. The van der Waals surface area contributed by atoms with E-state index in [0.717, 1.165) is 0 Å². The molecule has 0 aromatic heterocycles. The first-order valence-corrected chi connectivity index (χ1v) is 4.35. The molecule has 0 bridgehead atoms. The summed E-state index contributed by atoms with van der Waals surface area (Å²) in [6, 6.07) is 0. The van der Waals surface area contributed by atoms with Crippen LogP contribution < -0.4 is 0 Å². The molecule has 1 fully saturated rings. The quantitative estimate of drug-likeness (QED) is 0.328. The summed E-state index contributed by atoms with van der Waals surface area (Å²) < 4.78 is 3.59. The normalized spacial score (nSPS) is 19.0. The van der Waals surface area contributed by atoms with Crippen molar-refractivity contribution in [2.45, 2.75) is 0 Å². The predicted octanol–water partition coefficient (Wildman–Crippen LogP) is -1.94. The first-order chi connectivity index (χ1) is 7.33. The number of hydrogen-bond donors (Lipinski definition) is 2. The van der Waals surface area contributed by atoms with Crippen molar-refractivity contribution in [2.75, 3.05) is 26.2 Å². The van der Waals surface area contributed by atoms with Gasteiger partial charge in [-0.2, -0.15) is 0 Å². The van der Waals surface area contributed by atoms with E-state index in [1.54, 1.807) is 0 Å². The van der Waals surface area contributed by atoms with Crippen LogP contribution in [0.3, 0.4) is 0 Å². The smallest absolute Gasteiger partial charge is 0.369 e. The van der Waals surface area contributed by atoms with Crippen molar-refractivity contribution in [1.82, 2.24) is 0 Å². The average molecular weight is 232 g/mol. The number of aliphatic carboxylic acids is 2. The monoisotopic (exact) mass is 232 g/mol. The standard InChI is InChI=1S/C8H9NO7/c10-5(11)1-9(2-6(12)13)3-7(14)16-8(15)4-9/h1-4H2,(H-,10,11,12,13)/p+1. The van der Waals surface area contributed by atoms with Gasteiger partial charge < -0.3 is 14.9 Å². The number of carbonyl (C=O) groups excluding carboxylic acids is 2. The predicted molar refractivity (Wildman–Crippen MR) is 46.1 cm³/mol. The first kappa shape index (κ1) is 12.1. The molecule has 1 saturated heterocycles. The molecule has 1 rings (SSSR count). The SMILES string of the molecule is O=C(O)C[N+]1(CC(=O)O)CC(=O)OC(=O)C1. The van der Waals surface area contributed by atoms with Crippen LogP contribution in [-0.4, -0.2) is 64.8 Å². The van der Waals surface area contributed by atoms with Crippen LogP contribution in [0.4, 0.5) is 0 Å². The van der Waals surface area contributed by atoms with E-state index < -0.39 is 54.5 Å². The molecule has 1 aliphatic rings. The van der Waals surface area contributed by atoms with E-state index >= 15 is 0 Å². The lowest BCUT2D eigenvalue weighted by molar-refractivity contribution is -0.903. The molecule has 0 aromatic carbocycles. The van der Waals surface area contributed by atoms with Crippen LogP contribution in [0, 0.1) is 0 Å². The Morgan fingerprint density at radius 1 is 1.06 bits per heavy atom. The van der Waals surface area contributed by atoms with Gasteiger partial charge in [0.2, 0.25) is 0 Å². The number of cyclic esters (lactones) is 2. The Morgan fingerprint density at radius 2 is 1.44 bits per heavy atom. The summed E-state index contributed by atoms with van der Waals surface area (Å²) in [5, 5.41) is 17.3. The molecule has 16 heavy (non-hydrogen) atoms. The summed E-state index contributed by atoms with van der Waals surface area (Å²) in [7, 11) is 0. The van der Waals surface area contributed by atoms with E-state index in [1.165, 1.54) is 0 Å². The Hall–Kier alpha value is -1.96. The average Bonchev–Trinajstić information content (AvgIpc) is 1.95. The second-order valence-electron chi connectivity index (χ2n) is 3.61. The van der Waals surface area contributed by atoms with Gasteiger partial charge in [0.15, 0.2) is 26.2 Å². The molecule has 0 aromatic rings. The molecule has 2 N–H and O–H groups in total. The zero-order valence-corrected chi connectivity index (χ0v) is 8.21. The molecule has 88 valence electrons. The molecule has 1 aliphatic heterocycles. The van der Waals surface area contributed by atoms with Crippen LogP contribution in [0.15, 0.2) is 0 Å². The van der Waals surface area contributed by atoms with Crippen LogP contribution in [-0.2, 0) is 23.9 Å². The van der Waals surface area contributed by atoms with Crippen molar-refractivity contribution in [3.63, 3.8) is 0 Å². The highest BCUT2D eigenvalue weighted by Crippen LogP contribution is 2.12. The number of carboxylic acid groups (broad SMARTS) is 2. The number of rotatable bonds is 4. The second kappa shape index (κ2) is 4.27. The summed E-state index contributed by atoms with van der Waals surface area (Å²) in [6.45, 7) is -2.06. The number of nitrogens with zero attached hydrogens (tertiary/aromatic N) is 1. The third-order valence-electron chi connectivity index (χ3n) is 2.10. The molecule has 0 amide bonds. The number of hydrogen-bond acceptors (Lipinski definition) is 5. The second-order valence-corrected chi connectivity index (χ2v) is 3.61. The van der Waals surface area contributed by atoms with E-state index in [9.17, 15) is 19.2 Å². The third kappa shape index (κ3) is 3.02. The lowest BCUT2D eigenvalue weighted by atomic mass is 10.2. The van der Waals surface area contributed by atoms with Crippen molar-refractivity contribution in [2.24, 2.45) is 0 Å². The van der Waals surface area contributed by atoms with Crippen molar-refractivity contribution in [3.8, 4) is 0 Å². The molecule has 0 unspecified atom stereocenters. The first-order valence-electron chi connectivity index (χ1n) is 4.35. The summed E-state index contributed by atoms with van der Waals surface area (Å²) in [5.41, 5.74) is 0. The maximum atomic E-state index is 11.0. The molecule has 8 heteroatoms. The zero-order chi connectivity index (χ0) is 12.3. The van der Waals surface area contributed by atoms with E-state index in [1.807, 2.05) is 0 Å². The van der Waals surface area contributed by atoms with Crippen LogP contribution in [0.2, 0.25) is 0 Å². The van der Waals surface area contributed by atoms with E-state index in [-0.39, 0.29) is 0 Å². The molecule has 0 spiro atoms. The van der Waals surface area contributed by atoms with E-state index in [4.69, 9.17) is 10.2 Å². The number of carbonyl (C=O) groups is 4. The maximum Gasteiger partial charge on any atom is 0.369 e. The highest BCUT2D eigenvalue weighted by Gasteiger charge is 2.43. The van der Waals surface area contributed by atoms with Crippen molar-refractivity contribution in [3.05, 3.63) is 0 Å². The zero-order valence-electron chi connectivity index (χ0n) is 8.21. The molecule has 0 aliphatic carbocycles. The summed E-state index contributed by atoms with van der Waals surface area (Å²) in [5.74, 6) is -4.36. The summed E-state index contributed by atoms with van der Waals surface area (Å²) in [6.07, 6.45) is 0. The van der Waals surface area contributed by atoms with Gasteiger partial charge in [0, 0.05) is 0 Å². The fourth-order valence-electron chi connectivity index (χ4n) is 1.65. The molecule has 0 radical (unpaired) electrons. The molecular weight excluding hydrogens is 222 g/mol. The molecule has 0 atom stereocenters. The van der Waals surface area contributed by atoms with Gasteiger partial charge in [-0.05, 0) is 0 Å². The van der Waals surface area contributed by atoms with E-state index in [0.29, 0.717) is 0 Å². The van der Waals surface area contributed by atoms with Crippen molar-refractivity contribution in [1.29, 1.82) is 0 Å². The molecular formula is C8H10NO7+. The van der Waals surface area contributed by atoms with Gasteiger partial charge in [-0.15, -0.1) is 0 Å². The van der Waals surface area contributed by atoms with Gasteiger partial charge in [-0.3, -0.25) is 4.48 Å². The maximum absolute atomic E-state index is 11.0. The highest BCUT2D eigenvalue weighted by atomic mass is 16.6. The van der Waals surface area contributed by atoms with Gasteiger partial charge in [0.05, 0.1) is 0 Å². The van der Waals surface area contributed by atoms with Crippen LogP contribution in [0.25, 0.3) is 0 Å². The molecule has 8 nitrogen and oxygen atoms in total. The van der Waals surface area contributed by atoms with Gasteiger partial charge in [-0.25, -0.2) is 19.2 Å². The van der Waals surface area contributed by atoms with Gasteiger partial charge in [0.1, 0.15) is 0 Å². The minimum absolute atomic E-state index is 0.426. The van der Waals surface area contributed by atoms with Crippen LogP contribution >= 0.6 is 0 Å². The minimum Gasteiger partial charge on any atom is -0.477 e. The van der Waals surface area contributed by atoms with Gasteiger partial charge in [0.25, 0.3) is 0 Å². The number of ether oxygens (including phenoxy) is 1. The number of esters is 2. The van der Waals surface area contributed by atoms with Gasteiger partial charge in [-0.1, -0.05) is 0 Å².